The third kappa shape index (κ3) is 4.15. The Kier molecular flexibility index (Phi) is 5.05. The molecule has 2 heterocycles. The predicted octanol–water partition coefficient (Wildman–Crippen LogP) is -0.274. The molecule has 0 aliphatic heterocycles. The summed E-state index contributed by atoms with van der Waals surface area (Å²) in [5.74, 6) is 1.07. The van der Waals surface area contributed by atoms with Gasteiger partial charge in [0.15, 0.2) is 0 Å². The van der Waals surface area contributed by atoms with Crippen LogP contribution in [0.3, 0.4) is 0 Å². The van der Waals surface area contributed by atoms with E-state index in [9.17, 15) is 0 Å². The van der Waals surface area contributed by atoms with Crippen LogP contribution in [0.15, 0.2) is 18.6 Å². The summed E-state index contributed by atoms with van der Waals surface area (Å²) < 4.78 is 3.78. The lowest BCUT2D eigenvalue weighted by molar-refractivity contribution is 0.276. The molecule has 2 rings (SSSR count). The molecule has 0 atom stereocenters. The minimum absolute atomic E-state index is 0.178. The molecule has 7 nitrogen and oxygen atoms in total. The Morgan fingerprint density at radius 2 is 2.32 bits per heavy atom. The lowest BCUT2D eigenvalue weighted by Crippen LogP contribution is -2.18. The Morgan fingerprint density at radius 3 is 3.05 bits per heavy atom. The Labute approximate surface area is 112 Å². The summed E-state index contributed by atoms with van der Waals surface area (Å²) in [5, 5.41) is 20.1. The van der Waals surface area contributed by atoms with Gasteiger partial charge >= 0.3 is 0 Å². The standard InChI is InChI=1S/C12H20N6O/c1-17-7-5-14-12(17)3-4-13-9-11-10-18(16-15-11)6-2-8-19/h5,7,10,13,19H,2-4,6,8-9H2,1H3. The zero-order chi connectivity index (χ0) is 13.5. The number of aliphatic hydroxyl groups is 1. The fourth-order valence-corrected chi connectivity index (χ4v) is 1.82. The van der Waals surface area contributed by atoms with Crippen molar-refractivity contribution in [3.8, 4) is 0 Å². The first-order valence-electron chi connectivity index (χ1n) is 6.46. The molecule has 0 saturated heterocycles. The van der Waals surface area contributed by atoms with Crippen LogP contribution in [0.2, 0.25) is 0 Å². The van der Waals surface area contributed by atoms with Gasteiger partial charge in [0.25, 0.3) is 0 Å². The molecule has 19 heavy (non-hydrogen) atoms. The van der Waals surface area contributed by atoms with Crippen molar-refractivity contribution in [2.45, 2.75) is 25.9 Å². The summed E-state index contributed by atoms with van der Waals surface area (Å²) in [6, 6.07) is 0. The number of imidazole rings is 1. The number of nitrogens with zero attached hydrogens (tertiary/aromatic N) is 5. The van der Waals surface area contributed by atoms with Gasteiger partial charge in [-0.3, -0.25) is 4.68 Å². The number of hydrogen-bond acceptors (Lipinski definition) is 5. The normalized spacial score (nSPS) is 11.1. The minimum Gasteiger partial charge on any atom is -0.396 e. The van der Waals surface area contributed by atoms with E-state index in [-0.39, 0.29) is 6.61 Å². The van der Waals surface area contributed by atoms with Crippen molar-refractivity contribution in [2.75, 3.05) is 13.2 Å². The second kappa shape index (κ2) is 7.01. The second-order valence-corrected chi connectivity index (χ2v) is 4.43. The maximum atomic E-state index is 8.74. The fraction of sp³-hybridized carbons (Fsp3) is 0.583. The first kappa shape index (κ1) is 13.7. The molecular weight excluding hydrogens is 244 g/mol. The van der Waals surface area contributed by atoms with Gasteiger partial charge in [-0.25, -0.2) is 4.98 Å². The van der Waals surface area contributed by atoms with E-state index in [0.717, 1.165) is 24.5 Å². The van der Waals surface area contributed by atoms with Gasteiger partial charge in [0, 0.05) is 58.3 Å². The van der Waals surface area contributed by atoms with Crippen LogP contribution in [-0.4, -0.2) is 42.8 Å². The summed E-state index contributed by atoms with van der Waals surface area (Å²) in [6.45, 7) is 2.44. The van der Waals surface area contributed by atoms with Crippen LogP contribution >= 0.6 is 0 Å². The van der Waals surface area contributed by atoms with E-state index >= 15 is 0 Å². The number of rotatable bonds is 8. The maximum Gasteiger partial charge on any atom is 0.109 e. The van der Waals surface area contributed by atoms with Gasteiger partial charge in [-0.15, -0.1) is 5.10 Å². The molecular formula is C12H20N6O. The van der Waals surface area contributed by atoms with E-state index in [1.165, 1.54) is 0 Å². The van der Waals surface area contributed by atoms with Crippen LogP contribution in [0.4, 0.5) is 0 Å². The molecule has 104 valence electrons. The van der Waals surface area contributed by atoms with Gasteiger partial charge in [0.1, 0.15) is 5.82 Å². The molecule has 0 radical (unpaired) electrons. The highest BCUT2D eigenvalue weighted by Gasteiger charge is 2.01. The number of hydrogen-bond donors (Lipinski definition) is 2. The summed E-state index contributed by atoms with van der Waals surface area (Å²) in [5.41, 5.74) is 0.915. The van der Waals surface area contributed by atoms with Crippen molar-refractivity contribution in [3.05, 3.63) is 30.1 Å². The van der Waals surface area contributed by atoms with Crippen LogP contribution in [0.25, 0.3) is 0 Å². The highest BCUT2D eigenvalue weighted by atomic mass is 16.3. The first-order chi connectivity index (χ1) is 9.29. The third-order valence-electron chi connectivity index (χ3n) is 2.88. The molecule has 0 bridgehead atoms. The third-order valence-corrected chi connectivity index (χ3v) is 2.88. The van der Waals surface area contributed by atoms with Gasteiger partial charge in [0.05, 0.1) is 5.69 Å². The number of aromatic nitrogens is 5. The molecule has 0 spiro atoms. The average molecular weight is 264 g/mol. The monoisotopic (exact) mass is 264 g/mol. The van der Waals surface area contributed by atoms with Gasteiger partial charge in [-0.2, -0.15) is 0 Å². The van der Waals surface area contributed by atoms with Gasteiger partial charge in [-0.05, 0) is 6.42 Å². The maximum absolute atomic E-state index is 8.74. The van der Waals surface area contributed by atoms with Gasteiger partial charge in [0.2, 0.25) is 0 Å². The Bertz CT molecular complexity index is 492. The topological polar surface area (TPSA) is 80.8 Å². The van der Waals surface area contributed by atoms with Crippen molar-refractivity contribution in [1.82, 2.24) is 29.9 Å². The van der Waals surface area contributed by atoms with Crippen molar-refractivity contribution in [2.24, 2.45) is 7.05 Å². The summed E-state index contributed by atoms with van der Waals surface area (Å²) >= 11 is 0. The Balaban J connectivity index is 1.68. The average Bonchev–Trinajstić information content (AvgIpc) is 3.02. The van der Waals surface area contributed by atoms with Crippen molar-refractivity contribution in [3.63, 3.8) is 0 Å². The zero-order valence-corrected chi connectivity index (χ0v) is 11.2. The van der Waals surface area contributed by atoms with E-state index in [1.807, 2.05) is 30.2 Å². The number of aliphatic hydroxyl groups excluding tert-OH is 1. The predicted molar refractivity (Wildman–Crippen MR) is 70.3 cm³/mol. The summed E-state index contributed by atoms with van der Waals surface area (Å²) in [4.78, 5) is 4.27. The highest BCUT2D eigenvalue weighted by molar-refractivity contribution is 4.94. The molecule has 0 aliphatic carbocycles. The molecule has 0 saturated carbocycles. The molecule has 0 amide bonds. The van der Waals surface area contributed by atoms with E-state index in [0.29, 0.717) is 19.5 Å². The molecule has 2 aromatic heterocycles. The zero-order valence-electron chi connectivity index (χ0n) is 11.2. The van der Waals surface area contributed by atoms with Gasteiger partial charge in [-0.1, -0.05) is 5.21 Å². The summed E-state index contributed by atoms with van der Waals surface area (Å²) in [6.07, 6.45) is 7.26. The molecule has 0 unspecified atom stereocenters. The molecule has 2 N–H and O–H groups in total. The van der Waals surface area contributed by atoms with Crippen LogP contribution in [-0.2, 0) is 26.6 Å². The number of aryl methyl sites for hydroxylation is 2. The van der Waals surface area contributed by atoms with Crippen molar-refractivity contribution < 1.29 is 5.11 Å². The minimum atomic E-state index is 0.178. The molecule has 7 heteroatoms. The quantitative estimate of drug-likeness (QED) is 0.641. The van der Waals surface area contributed by atoms with Crippen LogP contribution in [0, 0.1) is 0 Å². The van der Waals surface area contributed by atoms with E-state index in [1.54, 1.807) is 4.68 Å². The first-order valence-corrected chi connectivity index (χ1v) is 6.46. The second-order valence-electron chi connectivity index (χ2n) is 4.43. The van der Waals surface area contributed by atoms with Crippen LogP contribution in [0.5, 0.6) is 0 Å². The van der Waals surface area contributed by atoms with Crippen LogP contribution < -0.4 is 5.32 Å². The van der Waals surface area contributed by atoms with Gasteiger partial charge < -0.3 is 15.0 Å². The molecule has 0 aromatic carbocycles. The lowest BCUT2D eigenvalue weighted by Gasteiger charge is -2.02. The number of nitrogens with one attached hydrogen (secondary N) is 1. The highest BCUT2D eigenvalue weighted by Crippen LogP contribution is 1.96. The van der Waals surface area contributed by atoms with Crippen LogP contribution in [0.1, 0.15) is 17.9 Å². The molecule has 2 aromatic rings. The fourth-order valence-electron chi connectivity index (χ4n) is 1.82. The van der Waals surface area contributed by atoms with E-state index < -0.39 is 0 Å². The van der Waals surface area contributed by atoms with E-state index in [4.69, 9.17) is 5.11 Å². The smallest absolute Gasteiger partial charge is 0.109 e. The Hall–Kier alpha value is -1.73. The molecule has 0 aliphatic rings. The van der Waals surface area contributed by atoms with Crippen molar-refractivity contribution in [1.29, 1.82) is 0 Å². The molecule has 0 fully saturated rings. The SMILES string of the molecule is Cn1ccnc1CCNCc1cn(CCCO)nn1. The lowest BCUT2D eigenvalue weighted by atomic mass is 10.4. The Morgan fingerprint density at radius 1 is 1.42 bits per heavy atom. The largest absolute Gasteiger partial charge is 0.396 e. The summed E-state index contributed by atoms with van der Waals surface area (Å²) in [7, 11) is 2.00. The van der Waals surface area contributed by atoms with E-state index in [2.05, 4.69) is 20.6 Å². The van der Waals surface area contributed by atoms with Crippen molar-refractivity contribution >= 4 is 0 Å².